The van der Waals surface area contributed by atoms with Gasteiger partial charge >= 0.3 is 0 Å². The lowest BCUT2D eigenvalue weighted by Gasteiger charge is -2.35. The number of benzene rings is 2. The molecule has 2 heteroatoms. The van der Waals surface area contributed by atoms with Crippen molar-refractivity contribution in [2.45, 2.75) is 52.7 Å². The molecule has 1 aliphatic heterocycles. The summed E-state index contributed by atoms with van der Waals surface area (Å²) in [6.45, 7) is 8.80. The molecule has 1 unspecified atom stereocenters. The minimum atomic E-state index is 0.237. The third kappa shape index (κ3) is 3.99. The van der Waals surface area contributed by atoms with Gasteiger partial charge in [-0.1, -0.05) is 49.4 Å². The van der Waals surface area contributed by atoms with E-state index in [9.17, 15) is 0 Å². The van der Waals surface area contributed by atoms with Gasteiger partial charge in [0.1, 0.15) is 5.75 Å². The molecule has 0 N–H and O–H groups in total. The number of hydrogen-bond acceptors (Lipinski definition) is 2. The second kappa shape index (κ2) is 7.85. The predicted molar refractivity (Wildman–Crippen MR) is 101 cm³/mol. The second-order valence-corrected chi connectivity index (χ2v) is 6.92. The van der Waals surface area contributed by atoms with Crippen LogP contribution in [0.25, 0.3) is 0 Å². The lowest BCUT2D eigenvalue weighted by molar-refractivity contribution is -0.000966. The van der Waals surface area contributed by atoms with Crippen LogP contribution in [0.2, 0.25) is 0 Å². The van der Waals surface area contributed by atoms with Gasteiger partial charge in [-0.25, -0.2) is 0 Å². The van der Waals surface area contributed by atoms with Crippen molar-refractivity contribution in [1.82, 2.24) is 4.90 Å². The SMILES string of the molecule is CCN1CCCCC1Oc1c(C)cc(Cc2ccccc2)cc1C. The maximum Gasteiger partial charge on any atom is 0.152 e. The van der Waals surface area contributed by atoms with E-state index < -0.39 is 0 Å². The molecule has 1 atom stereocenters. The summed E-state index contributed by atoms with van der Waals surface area (Å²) < 4.78 is 6.45. The van der Waals surface area contributed by atoms with Gasteiger partial charge in [-0.3, -0.25) is 4.90 Å². The van der Waals surface area contributed by atoms with E-state index in [-0.39, 0.29) is 6.23 Å². The molecule has 2 aromatic rings. The fourth-order valence-electron chi connectivity index (χ4n) is 3.75. The molecule has 0 saturated carbocycles. The molecule has 24 heavy (non-hydrogen) atoms. The van der Waals surface area contributed by atoms with Crippen LogP contribution < -0.4 is 4.74 Å². The Kier molecular flexibility index (Phi) is 5.57. The number of ether oxygens (including phenoxy) is 1. The summed E-state index contributed by atoms with van der Waals surface area (Å²) in [5, 5.41) is 0. The highest BCUT2D eigenvalue weighted by Gasteiger charge is 2.23. The highest BCUT2D eigenvalue weighted by Crippen LogP contribution is 2.29. The number of nitrogens with zero attached hydrogens (tertiary/aromatic N) is 1. The van der Waals surface area contributed by atoms with Crippen molar-refractivity contribution < 1.29 is 4.74 Å². The molecule has 0 spiro atoms. The quantitative estimate of drug-likeness (QED) is 0.758. The summed E-state index contributed by atoms with van der Waals surface area (Å²) in [6, 6.07) is 15.2. The van der Waals surface area contributed by atoms with Gasteiger partial charge in [-0.05, 0) is 68.3 Å². The number of hydrogen-bond donors (Lipinski definition) is 0. The molecule has 3 rings (SSSR count). The summed E-state index contributed by atoms with van der Waals surface area (Å²) in [7, 11) is 0. The maximum absolute atomic E-state index is 6.45. The number of rotatable bonds is 5. The number of likely N-dealkylation sites (tertiary alicyclic amines) is 1. The Hall–Kier alpha value is -1.80. The monoisotopic (exact) mass is 323 g/mol. The molecule has 1 aliphatic rings. The van der Waals surface area contributed by atoms with Crippen LogP contribution in [0.4, 0.5) is 0 Å². The van der Waals surface area contributed by atoms with Crippen LogP contribution in [0.5, 0.6) is 5.75 Å². The highest BCUT2D eigenvalue weighted by atomic mass is 16.5. The fourth-order valence-corrected chi connectivity index (χ4v) is 3.75. The first-order valence-corrected chi connectivity index (χ1v) is 9.22. The summed E-state index contributed by atoms with van der Waals surface area (Å²) in [6.07, 6.45) is 4.92. The smallest absolute Gasteiger partial charge is 0.152 e. The molecule has 1 heterocycles. The third-order valence-corrected chi connectivity index (χ3v) is 4.98. The van der Waals surface area contributed by atoms with E-state index in [1.165, 1.54) is 35.1 Å². The van der Waals surface area contributed by atoms with Crippen LogP contribution in [0.15, 0.2) is 42.5 Å². The summed E-state index contributed by atoms with van der Waals surface area (Å²) in [4.78, 5) is 2.46. The van der Waals surface area contributed by atoms with Gasteiger partial charge in [0.2, 0.25) is 0 Å². The van der Waals surface area contributed by atoms with Crippen molar-refractivity contribution in [3.63, 3.8) is 0 Å². The van der Waals surface area contributed by atoms with Crippen LogP contribution in [-0.2, 0) is 6.42 Å². The average Bonchev–Trinajstić information content (AvgIpc) is 2.59. The molecule has 1 saturated heterocycles. The zero-order valence-corrected chi connectivity index (χ0v) is 15.2. The van der Waals surface area contributed by atoms with Crippen LogP contribution in [0.1, 0.15) is 48.4 Å². The highest BCUT2D eigenvalue weighted by molar-refractivity contribution is 5.44. The minimum Gasteiger partial charge on any atom is -0.475 e. The molecule has 0 aromatic heterocycles. The molecule has 2 aromatic carbocycles. The zero-order valence-electron chi connectivity index (χ0n) is 15.2. The molecular formula is C22H29NO. The molecular weight excluding hydrogens is 294 g/mol. The van der Waals surface area contributed by atoms with E-state index in [1.54, 1.807) is 0 Å². The molecule has 0 radical (unpaired) electrons. The lowest BCUT2D eigenvalue weighted by atomic mass is 9.99. The number of aryl methyl sites for hydroxylation is 2. The standard InChI is InChI=1S/C22H29NO/c1-4-23-13-9-8-12-21(23)24-22-17(2)14-20(15-18(22)3)16-19-10-6-5-7-11-19/h5-7,10-11,14-15,21H,4,8-9,12-13,16H2,1-3H3. The van der Waals surface area contributed by atoms with Crippen molar-refractivity contribution in [3.05, 3.63) is 64.7 Å². The van der Waals surface area contributed by atoms with Gasteiger partial charge in [0.05, 0.1) is 0 Å². The molecule has 0 bridgehead atoms. The van der Waals surface area contributed by atoms with E-state index in [4.69, 9.17) is 4.74 Å². The van der Waals surface area contributed by atoms with Crippen LogP contribution >= 0.6 is 0 Å². The van der Waals surface area contributed by atoms with Gasteiger partial charge in [0.15, 0.2) is 6.23 Å². The maximum atomic E-state index is 6.45. The Morgan fingerprint density at radius 3 is 2.38 bits per heavy atom. The van der Waals surface area contributed by atoms with Crippen LogP contribution in [0, 0.1) is 13.8 Å². The summed E-state index contributed by atoms with van der Waals surface area (Å²) in [5.41, 5.74) is 5.22. The second-order valence-electron chi connectivity index (χ2n) is 6.92. The summed E-state index contributed by atoms with van der Waals surface area (Å²) in [5.74, 6) is 1.08. The molecule has 128 valence electrons. The van der Waals surface area contributed by atoms with Crippen molar-refractivity contribution >= 4 is 0 Å². The first-order chi connectivity index (χ1) is 11.7. The normalized spacial score (nSPS) is 18.5. The first-order valence-electron chi connectivity index (χ1n) is 9.22. The Balaban J connectivity index is 1.77. The lowest BCUT2D eigenvalue weighted by Crippen LogP contribution is -2.43. The molecule has 0 amide bonds. The van der Waals surface area contributed by atoms with Gasteiger partial charge in [0, 0.05) is 6.54 Å². The van der Waals surface area contributed by atoms with E-state index in [2.05, 4.69) is 68.1 Å². The van der Waals surface area contributed by atoms with Crippen molar-refractivity contribution in [2.24, 2.45) is 0 Å². The van der Waals surface area contributed by atoms with Gasteiger partial charge in [-0.15, -0.1) is 0 Å². The van der Waals surface area contributed by atoms with E-state index in [1.807, 2.05) is 0 Å². The molecule has 0 aliphatic carbocycles. The largest absolute Gasteiger partial charge is 0.475 e. The van der Waals surface area contributed by atoms with Crippen LogP contribution in [0.3, 0.4) is 0 Å². The van der Waals surface area contributed by atoms with Gasteiger partial charge < -0.3 is 4.74 Å². The average molecular weight is 323 g/mol. The van der Waals surface area contributed by atoms with Crippen molar-refractivity contribution in [1.29, 1.82) is 0 Å². The van der Waals surface area contributed by atoms with Crippen molar-refractivity contribution in [2.75, 3.05) is 13.1 Å². The molecule has 2 nitrogen and oxygen atoms in total. The first kappa shape index (κ1) is 17.0. The Bertz CT molecular complexity index is 642. The number of piperidine rings is 1. The summed E-state index contributed by atoms with van der Waals surface area (Å²) >= 11 is 0. The van der Waals surface area contributed by atoms with Crippen LogP contribution in [-0.4, -0.2) is 24.2 Å². The van der Waals surface area contributed by atoms with Gasteiger partial charge in [-0.2, -0.15) is 0 Å². The predicted octanol–water partition coefficient (Wildman–Crippen LogP) is 5.10. The third-order valence-electron chi connectivity index (χ3n) is 4.98. The fraction of sp³-hybridized carbons (Fsp3) is 0.455. The Labute approximate surface area is 146 Å². The van der Waals surface area contributed by atoms with E-state index in [0.29, 0.717) is 0 Å². The zero-order chi connectivity index (χ0) is 16.9. The van der Waals surface area contributed by atoms with Gasteiger partial charge in [0.25, 0.3) is 0 Å². The Morgan fingerprint density at radius 2 is 1.71 bits per heavy atom. The van der Waals surface area contributed by atoms with E-state index in [0.717, 1.165) is 31.7 Å². The Morgan fingerprint density at radius 1 is 1.00 bits per heavy atom. The molecule has 1 fully saturated rings. The van der Waals surface area contributed by atoms with Crippen molar-refractivity contribution in [3.8, 4) is 5.75 Å². The minimum absolute atomic E-state index is 0.237. The van der Waals surface area contributed by atoms with E-state index >= 15 is 0 Å². The topological polar surface area (TPSA) is 12.5 Å².